The molecule has 0 radical (unpaired) electrons. The van der Waals surface area contributed by atoms with Gasteiger partial charge < -0.3 is 4.42 Å². The molecule has 0 aliphatic carbocycles. The summed E-state index contributed by atoms with van der Waals surface area (Å²) in [7, 11) is 0. The van der Waals surface area contributed by atoms with E-state index in [1.165, 1.54) is 4.68 Å². The number of benzene rings is 1. The minimum absolute atomic E-state index is 0.418. The summed E-state index contributed by atoms with van der Waals surface area (Å²) < 4.78 is 7.64. The third kappa shape index (κ3) is 2.99. The van der Waals surface area contributed by atoms with Gasteiger partial charge in [-0.1, -0.05) is 23.2 Å². The van der Waals surface area contributed by atoms with Crippen LogP contribution in [-0.2, 0) is 0 Å². The van der Waals surface area contributed by atoms with Gasteiger partial charge in [-0.15, -0.1) is 0 Å². The summed E-state index contributed by atoms with van der Waals surface area (Å²) in [5.41, 5.74) is 0.766. The van der Waals surface area contributed by atoms with E-state index in [1.54, 1.807) is 37.4 Å². The second kappa shape index (κ2) is 6.08. The Balaban J connectivity index is 1.90. The van der Waals surface area contributed by atoms with Gasteiger partial charge in [-0.2, -0.15) is 14.9 Å². The molecular formula is C14H10Cl2N4OS. The van der Waals surface area contributed by atoms with Crippen LogP contribution in [0.4, 0.5) is 0 Å². The quantitative estimate of drug-likeness (QED) is 0.549. The maximum Gasteiger partial charge on any atom is 0.216 e. The molecule has 2 aromatic heterocycles. The van der Waals surface area contributed by atoms with E-state index in [2.05, 4.69) is 15.3 Å². The number of halogens is 2. The van der Waals surface area contributed by atoms with E-state index in [4.69, 9.17) is 39.8 Å². The summed E-state index contributed by atoms with van der Waals surface area (Å²) in [6.07, 6.45) is 1.56. The van der Waals surface area contributed by atoms with Gasteiger partial charge in [0.05, 0.1) is 11.2 Å². The van der Waals surface area contributed by atoms with E-state index in [0.717, 1.165) is 5.56 Å². The molecule has 3 rings (SSSR count). The third-order valence-corrected chi connectivity index (χ3v) is 3.75. The van der Waals surface area contributed by atoms with Crippen molar-refractivity contribution in [1.82, 2.24) is 14.9 Å². The molecule has 1 aromatic carbocycles. The number of aromatic nitrogens is 3. The van der Waals surface area contributed by atoms with Crippen LogP contribution in [0.5, 0.6) is 0 Å². The van der Waals surface area contributed by atoms with Crippen LogP contribution in [0.2, 0.25) is 10.0 Å². The molecule has 22 heavy (non-hydrogen) atoms. The Morgan fingerprint density at radius 1 is 1.32 bits per heavy atom. The number of furan rings is 1. The number of aromatic amines is 1. The van der Waals surface area contributed by atoms with Crippen molar-refractivity contribution < 1.29 is 4.42 Å². The number of hydrogen-bond donors (Lipinski definition) is 1. The molecule has 0 atom stereocenters. The van der Waals surface area contributed by atoms with Gasteiger partial charge >= 0.3 is 0 Å². The van der Waals surface area contributed by atoms with Gasteiger partial charge in [0.1, 0.15) is 17.3 Å². The first-order chi connectivity index (χ1) is 10.5. The molecule has 0 fully saturated rings. The normalized spacial score (nSPS) is 11.4. The van der Waals surface area contributed by atoms with E-state index in [0.29, 0.717) is 32.2 Å². The van der Waals surface area contributed by atoms with Crippen molar-refractivity contribution in [2.45, 2.75) is 6.92 Å². The monoisotopic (exact) mass is 352 g/mol. The van der Waals surface area contributed by atoms with Crippen molar-refractivity contribution in [1.29, 1.82) is 0 Å². The Hall–Kier alpha value is -1.89. The zero-order valence-corrected chi connectivity index (χ0v) is 13.7. The number of nitrogens with zero attached hydrogens (tertiary/aromatic N) is 3. The molecule has 112 valence electrons. The maximum absolute atomic E-state index is 6.16. The zero-order chi connectivity index (χ0) is 15.7. The highest BCUT2D eigenvalue weighted by Gasteiger charge is 2.08. The van der Waals surface area contributed by atoms with Crippen LogP contribution in [0.1, 0.15) is 11.6 Å². The molecule has 8 heteroatoms. The van der Waals surface area contributed by atoms with Gasteiger partial charge in [0, 0.05) is 10.6 Å². The fraction of sp³-hybridized carbons (Fsp3) is 0.0714. The van der Waals surface area contributed by atoms with Crippen molar-refractivity contribution in [2.75, 3.05) is 0 Å². The number of nitrogens with one attached hydrogen (secondary N) is 1. The van der Waals surface area contributed by atoms with Crippen LogP contribution in [0.3, 0.4) is 0 Å². The Kier molecular flexibility index (Phi) is 4.15. The van der Waals surface area contributed by atoms with Crippen LogP contribution in [-0.4, -0.2) is 21.1 Å². The molecule has 0 aliphatic heterocycles. The number of aryl methyl sites for hydroxylation is 1. The van der Waals surface area contributed by atoms with Crippen molar-refractivity contribution in [3.8, 4) is 11.3 Å². The third-order valence-electron chi connectivity index (χ3n) is 2.94. The van der Waals surface area contributed by atoms with Gasteiger partial charge in [-0.05, 0) is 49.5 Å². The topological polar surface area (TPSA) is 59.1 Å². The van der Waals surface area contributed by atoms with Gasteiger partial charge in [-0.3, -0.25) is 5.10 Å². The fourth-order valence-electron chi connectivity index (χ4n) is 1.88. The van der Waals surface area contributed by atoms with Crippen LogP contribution in [0.25, 0.3) is 11.3 Å². The second-order valence-electron chi connectivity index (χ2n) is 4.46. The van der Waals surface area contributed by atoms with E-state index >= 15 is 0 Å². The highest BCUT2D eigenvalue weighted by atomic mass is 35.5. The Morgan fingerprint density at radius 3 is 2.82 bits per heavy atom. The molecular weight excluding hydrogens is 343 g/mol. The first-order valence-electron chi connectivity index (χ1n) is 6.28. The lowest BCUT2D eigenvalue weighted by Gasteiger charge is -2.00. The summed E-state index contributed by atoms with van der Waals surface area (Å²) in [4.78, 5) is 0. The van der Waals surface area contributed by atoms with E-state index in [-0.39, 0.29) is 0 Å². The molecule has 0 aliphatic rings. The summed E-state index contributed by atoms with van der Waals surface area (Å²) in [6, 6.07) is 8.84. The molecule has 0 amide bonds. The highest BCUT2D eigenvalue weighted by Crippen LogP contribution is 2.31. The molecule has 2 heterocycles. The number of hydrogen-bond acceptors (Lipinski definition) is 4. The summed E-state index contributed by atoms with van der Waals surface area (Å²) >= 11 is 17.1. The molecule has 0 saturated heterocycles. The predicted octanol–water partition coefficient (Wildman–Crippen LogP) is 4.70. The lowest BCUT2D eigenvalue weighted by Crippen LogP contribution is -1.92. The molecule has 0 bridgehead atoms. The first-order valence-corrected chi connectivity index (χ1v) is 7.44. The van der Waals surface area contributed by atoms with Crippen molar-refractivity contribution in [2.24, 2.45) is 5.10 Å². The number of rotatable bonds is 3. The van der Waals surface area contributed by atoms with Crippen molar-refractivity contribution in [3.63, 3.8) is 0 Å². The molecule has 0 saturated carbocycles. The molecule has 1 N–H and O–H groups in total. The van der Waals surface area contributed by atoms with Gasteiger partial charge in [0.15, 0.2) is 0 Å². The minimum atomic E-state index is 0.418. The van der Waals surface area contributed by atoms with Crippen LogP contribution < -0.4 is 0 Å². The fourth-order valence-corrected chi connectivity index (χ4v) is 2.60. The van der Waals surface area contributed by atoms with Gasteiger partial charge in [0.25, 0.3) is 0 Å². The molecule has 5 nitrogen and oxygen atoms in total. The lowest BCUT2D eigenvalue weighted by atomic mass is 10.2. The Morgan fingerprint density at radius 2 is 2.14 bits per heavy atom. The van der Waals surface area contributed by atoms with Gasteiger partial charge in [0.2, 0.25) is 4.77 Å². The van der Waals surface area contributed by atoms with E-state index in [1.807, 2.05) is 6.07 Å². The predicted molar refractivity (Wildman–Crippen MR) is 89.3 cm³/mol. The zero-order valence-electron chi connectivity index (χ0n) is 11.4. The highest BCUT2D eigenvalue weighted by molar-refractivity contribution is 7.71. The summed E-state index contributed by atoms with van der Waals surface area (Å²) in [5, 5.41) is 12.0. The average molecular weight is 353 g/mol. The standard InChI is InChI=1S/C14H10Cl2N4OS/c1-8-18-19-14(22)20(8)17-7-10-3-5-13(21-10)11-4-2-9(15)6-12(11)16/h2-7H,1H3,(H,19,22)/b17-7-. The lowest BCUT2D eigenvalue weighted by molar-refractivity contribution is 0.574. The maximum atomic E-state index is 6.16. The summed E-state index contributed by atoms with van der Waals surface area (Å²) in [6.45, 7) is 1.80. The molecule has 0 spiro atoms. The Labute approximate surface area is 141 Å². The SMILES string of the molecule is Cc1n[nH]c(=S)n1/N=C\c1ccc(-c2ccc(Cl)cc2Cl)o1. The van der Waals surface area contributed by atoms with E-state index in [9.17, 15) is 0 Å². The average Bonchev–Trinajstić information content (AvgIpc) is 3.05. The summed E-state index contributed by atoms with van der Waals surface area (Å²) in [5.74, 6) is 1.87. The number of H-pyrrole nitrogens is 1. The first kappa shape index (κ1) is 15.0. The molecule has 3 aromatic rings. The minimum Gasteiger partial charge on any atom is -0.455 e. The van der Waals surface area contributed by atoms with Gasteiger partial charge in [-0.25, -0.2) is 0 Å². The van der Waals surface area contributed by atoms with Crippen molar-refractivity contribution in [3.05, 3.63) is 56.7 Å². The smallest absolute Gasteiger partial charge is 0.216 e. The van der Waals surface area contributed by atoms with Crippen LogP contribution in [0, 0.1) is 11.7 Å². The van der Waals surface area contributed by atoms with Crippen LogP contribution in [0.15, 0.2) is 39.9 Å². The largest absolute Gasteiger partial charge is 0.455 e. The van der Waals surface area contributed by atoms with Crippen LogP contribution >= 0.6 is 35.4 Å². The Bertz CT molecular complexity index is 910. The van der Waals surface area contributed by atoms with Crippen molar-refractivity contribution >= 4 is 41.6 Å². The molecule has 0 unspecified atom stereocenters. The van der Waals surface area contributed by atoms with E-state index < -0.39 is 0 Å². The second-order valence-corrected chi connectivity index (χ2v) is 5.69.